The molecule has 142 valence electrons. The minimum Gasteiger partial charge on any atom is -0.497 e. The number of Topliss-reactive ketones (excluding diaryl/α,β-unsaturated/α-hetero) is 1. The number of fused-ring (bicyclic) bond motifs is 1. The highest BCUT2D eigenvalue weighted by atomic mass is 35.5. The highest BCUT2D eigenvalue weighted by Crippen LogP contribution is 2.55. The third-order valence-corrected chi connectivity index (χ3v) is 7.74. The lowest BCUT2D eigenvalue weighted by Gasteiger charge is -2.59. The van der Waals surface area contributed by atoms with Crippen LogP contribution in [0.4, 0.5) is 0 Å². The highest BCUT2D eigenvalue weighted by molar-refractivity contribution is 5.85. The molecule has 4 aliphatic rings. The Kier molecular flexibility index (Phi) is 4.81. The Morgan fingerprint density at radius 3 is 2.85 bits per heavy atom. The summed E-state index contributed by atoms with van der Waals surface area (Å²) in [7, 11) is 1.75. The van der Waals surface area contributed by atoms with E-state index in [1.165, 1.54) is 43.5 Å². The summed E-state index contributed by atoms with van der Waals surface area (Å²) >= 11 is 0. The maximum absolute atomic E-state index is 12.4. The number of rotatable bonds is 3. The van der Waals surface area contributed by atoms with E-state index in [4.69, 9.17) is 4.74 Å². The number of hydrogen-bond donors (Lipinski definition) is 0. The van der Waals surface area contributed by atoms with E-state index in [0.29, 0.717) is 17.7 Å². The molecule has 0 N–H and O–H groups in total. The number of carbonyl (C=O) groups is 1. The molecule has 0 radical (unpaired) electrons. The first-order valence-corrected chi connectivity index (χ1v) is 10.1. The van der Waals surface area contributed by atoms with Gasteiger partial charge in [-0.15, -0.1) is 12.4 Å². The fraction of sp³-hybridized carbons (Fsp3) is 0.682. The first-order chi connectivity index (χ1) is 12.2. The Labute approximate surface area is 162 Å². The van der Waals surface area contributed by atoms with Crippen LogP contribution in [0.3, 0.4) is 0 Å². The minimum atomic E-state index is 0. The second-order valence-electron chi connectivity index (χ2n) is 8.85. The number of likely N-dealkylation sites (tertiary alicyclic amines) is 1. The summed E-state index contributed by atoms with van der Waals surface area (Å²) in [5.41, 5.74) is 2.98. The van der Waals surface area contributed by atoms with Gasteiger partial charge in [0, 0.05) is 30.8 Å². The predicted molar refractivity (Wildman–Crippen MR) is 105 cm³/mol. The van der Waals surface area contributed by atoms with Crippen molar-refractivity contribution in [3.63, 3.8) is 0 Å². The molecule has 26 heavy (non-hydrogen) atoms. The van der Waals surface area contributed by atoms with Crippen molar-refractivity contribution in [2.45, 2.75) is 62.8 Å². The average Bonchev–Trinajstić information content (AvgIpc) is 2.58. The van der Waals surface area contributed by atoms with Gasteiger partial charge in [0.1, 0.15) is 11.5 Å². The van der Waals surface area contributed by atoms with Crippen molar-refractivity contribution < 1.29 is 9.53 Å². The van der Waals surface area contributed by atoms with Gasteiger partial charge in [0.25, 0.3) is 0 Å². The van der Waals surface area contributed by atoms with Gasteiger partial charge in [-0.1, -0.05) is 12.5 Å². The van der Waals surface area contributed by atoms with Gasteiger partial charge >= 0.3 is 0 Å². The molecule has 4 heteroatoms. The first kappa shape index (κ1) is 18.3. The maximum atomic E-state index is 12.4. The molecule has 3 aliphatic carbocycles. The van der Waals surface area contributed by atoms with Crippen LogP contribution < -0.4 is 4.74 Å². The summed E-state index contributed by atoms with van der Waals surface area (Å²) in [5.74, 6) is 2.99. The zero-order valence-electron chi connectivity index (χ0n) is 15.7. The van der Waals surface area contributed by atoms with Crippen LogP contribution in [0.5, 0.6) is 5.75 Å². The lowest BCUT2D eigenvalue weighted by atomic mass is 9.52. The molecule has 1 saturated heterocycles. The first-order valence-electron chi connectivity index (χ1n) is 10.1. The van der Waals surface area contributed by atoms with Crippen molar-refractivity contribution in [3.8, 4) is 5.75 Å². The van der Waals surface area contributed by atoms with Crippen molar-refractivity contribution in [1.29, 1.82) is 0 Å². The van der Waals surface area contributed by atoms with Crippen LogP contribution in [-0.4, -0.2) is 36.9 Å². The molecule has 0 spiro atoms. The van der Waals surface area contributed by atoms with E-state index in [1.807, 2.05) is 0 Å². The van der Waals surface area contributed by atoms with E-state index >= 15 is 0 Å². The molecule has 0 aromatic heterocycles. The number of ether oxygens (including phenoxy) is 1. The van der Waals surface area contributed by atoms with E-state index < -0.39 is 0 Å². The summed E-state index contributed by atoms with van der Waals surface area (Å²) in [6.45, 7) is 2.46. The number of carbonyl (C=O) groups excluding carboxylic acids is 1. The maximum Gasteiger partial charge on any atom is 0.133 e. The van der Waals surface area contributed by atoms with Crippen LogP contribution in [0.15, 0.2) is 18.2 Å². The summed E-state index contributed by atoms with van der Waals surface area (Å²) in [6, 6.07) is 7.26. The van der Waals surface area contributed by atoms with Crippen LogP contribution in [0.1, 0.15) is 56.1 Å². The number of halogens is 1. The van der Waals surface area contributed by atoms with Gasteiger partial charge in [-0.25, -0.2) is 0 Å². The third kappa shape index (κ3) is 2.70. The second-order valence-corrected chi connectivity index (χ2v) is 8.85. The quantitative estimate of drug-likeness (QED) is 0.794. The van der Waals surface area contributed by atoms with Gasteiger partial charge in [-0.05, 0) is 73.7 Å². The summed E-state index contributed by atoms with van der Waals surface area (Å²) in [4.78, 5) is 15.2. The van der Waals surface area contributed by atoms with Crippen LogP contribution >= 0.6 is 12.4 Å². The Hall–Kier alpha value is -1.06. The van der Waals surface area contributed by atoms with Crippen LogP contribution in [-0.2, 0) is 16.6 Å². The largest absolute Gasteiger partial charge is 0.497 e. The van der Waals surface area contributed by atoms with Gasteiger partial charge in [0.05, 0.1) is 7.11 Å². The zero-order valence-corrected chi connectivity index (χ0v) is 16.5. The van der Waals surface area contributed by atoms with Crippen molar-refractivity contribution in [2.24, 2.45) is 11.8 Å². The smallest absolute Gasteiger partial charge is 0.133 e. The number of methoxy groups -OCH3 is 1. The van der Waals surface area contributed by atoms with E-state index in [1.54, 1.807) is 7.11 Å². The fourth-order valence-electron chi connectivity index (χ4n) is 6.25. The number of hydrogen-bond acceptors (Lipinski definition) is 3. The molecule has 1 aromatic rings. The molecular formula is C22H30ClNO2. The van der Waals surface area contributed by atoms with Gasteiger partial charge < -0.3 is 4.74 Å². The highest BCUT2D eigenvalue weighted by Gasteiger charge is 2.55. The molecule has 3 atom stereocenters. The van der Waals surface area contributed by atoms with Crippen LogP contribution in [0.2, 0.25) is 0 Å². The van der Waals surface area contributed by atoms with Crippen molar-refractivity contribution in [3.05, 3.63) is 29.3 Å². The van der Waals surface area contributed by atoms with Gasteiger partial charge in [-0.2, -0.15) is 0 Å². The summed E-state index contributed by atoms with van der Waals surface area (Å²) < 4.78 is 5.52. The van der Waals surface area contributed by atoms with Crippen molar-refractivity contribution in [1.82, 2.24) is 4.90 Å². The van der Waals surface area contributed by atoms with E-state index in [0.717, 1.165) is 43.8 Å². The molecule has 3 nitrogen and oxygen atoms in total. The molecule has 5 rings (SSSR count). The topological polar surface area (TPSA) is 29.5 Å². The lowest BCUT2D eigenvalue weighted by Crippen LogP contribution is -2.62. The Morgan fingerprint density at radius 2 is 2.12 bits per heavy atom. The Bertz CT molecular complexity index is 701. The second kappa shape index (κ2) is 6.83. The molecule has 2 saturated carbocycles. The minimum absolute atomic E-state index is 0. The normalized spacial score (nSPS) is 33.5. The van der Waals surface area contributed by atoms with Crippen molar-refractivity contribution in [2.75, 3.05) is 20.2 Å². The summed E-state index contributed by atoms with van der Waals surface area (Å²) in [6.07, 6.45) is 9.20. The molecule has 1 heterocycles. The third-order valence-electron chi connectivity index (χ3n) is 7.74. The van der Waals surface area contributed by atoms with E-state index in [9.17, 15) is 4.79 Å². The van der Waals surface area contributed by atoms with E-state index in [-0.39, 0.29) is 17.8 Å². The molecule has 2 bridgehead atoms. The monoisotopic (exact) mass is 375 g/mol. The SMILES string of the molecule is COc1ccc2c(c1)C13CCN(CC4CCC4)C(C2)[C@@H]1CCC(=O)C3.Cl. The lowest BCUT2D eigenvalue weighted by molar-refractivity contribution is -0.127. The molecule has 0 amide bonds. The molecule has 2 unspecified atom stereocenters. The number of ketones is 1. The fourth-order valence-corrected chi connectivity index (χ4v) is 6.25. The molecular weight excluding hydrogens is 346 g/mol. The van der Waals surface area contributed by atoms with Gasteiger partial charge in [0.2, 0.25) is 0 Å². The van der Waals surface area contributed by atoms with Crippen LogP contribution in [0, 0.1) is 11.8 Å². The van der Waals surface area contributed by atoms with Crippen LogP contribution in [0.25, 0.3) is 0 Å². The van der Waals surface area contributed by atoms with E-state index in [2.05, 4.69) is 23.1 Å². The number of piperidine rings is 1. The van der Waals surface area contributed by atoms with Crippen molar-refractivity contribution >= 4 is 18.2 Å². The number of benzene rings is 1. The van der Waals surface area contributed by atoms with Gasteiger partial charge in [-0.3, -0.25) is 9.69 Å². The molecule has 1 aromatic carbocycles. The number of nitrogens with zero attached hydrogens (tertiary/aromatic N) is 1. The standard InChI is InChI=1S/C22H29NO2.ClH/c1-25-18-7-5-16-11-21-19-8-6-17(24)13-22(19,20(16)12-18)9-10-23(21)14-15-3-2-4-15;/h5,7,12,15,19,21H,2-4,6,8-11,13-14H2,1H3;1H/t19-,21?,22?;/m0./s1. The Morgan fingerprint density at radius 1 is 1.27 bits per heavy atom. The zero-order chi connectivity index (χ0) is 17.0. The summed E-state index contributed by atoms with van der Waals surface area (Å²) in [5, 5.41) is 0. The van der Waals surface area contributed by atoms with Gasteiger partial charge in [0.15, 0.2) is 0 Å². The molecule has 1 aliphatic heterocycles. The predicted octanol–water partition coefficient (Wildman–Crippen LogP) is 4.15. The average molecular weight is 376 g/mol. The molecule has 3 fully saturated rings. The Balaban J connectivity index is 0.00000168.